The van der Waals surface area contributed by atoms with E-state index in [2.05, 4.69) is 16.8 Å². The number of thioether (sulfide) groups is 1. The van der Waals surface area contributed by atoms with Crippen LogP contribution >= 0.6 is 23.1 Å². The van der Waals surface area contributed by atoms with Gasteiger partial charge in [-0.1, -0.05) is 18.7 Å². The summed E-state index contributed by atoms with van der Waals surface area (Å²) in [6.45, 7) is 5.10. The molecule has 18 heavy (non-hydrogen) atoms. The summed E-state index contributed by atoms with van der Waals surface area (Å²) in [6.07, 6.45) is 6.43. The van der Waals surface area contributed by atoms with Crippen LogP contribution in [0.4, 0.5) is 0 Å². The smallest absolute Gasteiger partial charge is 0.236 e. The molecule has 100 valence electrons. The van der Waals surface area contributed by atoms with Crippen LogP contribution in [-0.4, -0.2) is 33.6 Å². The molecule has 0 aromatic carbocycles. The van der Waals surface area contributed by atoms with Crippen LogP contribution in [-0.2, 0) is 4.79 Å². The number of carbonyl (C=O) groups is 1. The van der Waals surface area contributed by atoms with Gasteiger partial charge in [0.15, 0.2) is 4.34 Å². The van der Waals surface area contributed by atoms with Crippen molar-refractivity contribution in [2.45, 2.75) is 55.2 Å². The minimum Gasteiger partial charge on any atom is -0.339 e. The van der Waals surface area contributed by atoms with Crippen LogP contribution in [0, 0.1) is 0 Å². The van der Waals surface area contributed by atoms with Gasteiger partial charge >= 0.3 is 0 Å². The summed E-state index contributed by atoms with van der Waals surface area (Å²) in [5.74, 6) is 0.279. The van der Waals surface area contributed by atoms with Crippen molar-refractivity contribution in [3.8, 4) is 0 Å². The highest BCUT2D eigenvalue weighted by molar-refractivity contribution is 8.02. The first-order chi connectivity index (χ1) is 8.72. The first-order valence-electron chi connectivity index (χ1n) is 6.59. The van der Waals surface area contributed by atoms with Crippen LogP contribution in [0.2, 0.25) is 0 Å². The highest BCUT2D eigenvalue weighted by Crippen LogP contribution is 2.28. The van der Waals surface area contributed by atoms with E-state index in [0.29, 0.717) is 6.04 Å². The average Bonchev–Trinajstić information content (AvgIpc) is 2.90. The second kappa shape index (κ2) is 6.57. The Morgan fingerprint density at radius 1 is 1.67 bits per heavy atom. The lowest BCUT2D eigenvalue weighted by Gasteiger charge is -2.36. The standard InChI is InChI=1S/C13H20N2OS2/c1-3-11-6-4-5-8-15(11)12(16)10(2)18-13-14-7-9-17-13/h7,9-11H,3-6,8H2,1-2H3. The number of aromatic nitrogens is 1. The molecule has 0 aliphatic carbocycles. The van der Waals surface area contributed by atoms with E-state index >= 15 is 0 Å². The van der Waals surface area contributed by atoms with Gasteiger partial charge in [-0.05, 0) is 32.6 Å². The van der Waals surface area contributed by atoms with Gasteiger partial charge in [0, 0.05) is 24.2 Å². The highest BCUT2D eigenvalue weighted by atomic mass is 32.2. The number of nitrogens with zero attached hydrogens (tertiary/aromatic N) is 2. The Morgan fingerprint density at radius 3 is 3.17 bits per heavy atom. The Morgan fingerprint density at radius 2 is 2.50 bits per heavy atom. The minimum absolute atomic E-state index is 0.0247. The molecular weight excluding hydrogens is 264 g/mol. The van der Waals surface area contributed by atoms with Crippen molar-refractivity contribution < 1.29 is 4.79 Å². The fraction of sp³-hybridized carbons (Fsp3) is 0.692. The van der Waals surface area contributed by atoms with Crippen molar-refractivity contribution in [2.75, 3.05) is 6.54 Å². The maximum absolute atomic E-state index is 12.5. The van der Waals surface area contributed by atoms with Gasteiger partial charge in [0.05, 0.1) is 5.25 Å². The number of rotatable bonds is 4. The fourth-order valence-corrected chi connectivity index (χ4v) is 4.26. The van der Waals surface area contributed by atoms with Crippen molar-refractivity contribution >= 4 is 29.0 Å². The summed E-state index contributed by atoms with van der Waals surface area (Å²) in [5, 5.41) is 1.93. The van der Waals surface area contributed by atoms with E-state index in [4.69, 9.17) is 0 Å². The number of hydrogen-bond donors (Lipinski definition) is 0. The molecule has 0 bridgehead atoms. The quantitative estimate of drug-likeness (QED) is 0.794. The molecule has 2 unspecified atom stereocenters. The van der Waals surface area contributed by atoms with Gasteiger partial charge in [0.2, 0.25) is 5.91 Å². The van der Waals surface area contributed by atoms with Crippen LogP contribution in [0.1, 0.15) is 39.5 Å². The molecule has 5 heteroatoms. The van der Waals surface area contributed by atoms with Gasteiger partial charge in [-0.25, -0.2) is 4.98 Å². The van der Waals surface area contributed by atoms with Crippen molar-refractivity contribution in [2.24, 2.45) is 0 Å². The molecular formula is C13H20N2OS2. The monoisotopic (exact) mass is 284 g/mol. The summed E-state index contributed by atoms with van der Waals surface area (Å²) in [7, 11) is 0. The number of likely N-dealkylation sites (tertiary alicyclic amines) is 1. The van der Waals surface area contributed by atoms with E-state index in [1.54, 1.807) is 29.3 Å². The topological polar surface area (TPSA) is 33.2 Å². The second-order valence-electron chi connectivity index (χ2n) is 4.65. The molecule has 1 fully saturated rings. The lowest BCUT2D eigenvalue weighted by atomic mass is 10.00. The van der Waals surface area contributed by atoms with Gasteiger partial charge < -0.3 is 4.90 Å². The normalized spacial score (nSPS) is 21.9. The van der Waals surface area contributed by atoms with Crippen molar-refractivity contribution in [1.29, 1.82) is 0 Å². The van der Waals surface area contributed by atoms with Gasteiger partial charge in [-0.3, -0.25) is 4.79 Å². The third kappa shape index (κ3) is 3.26. The van der Waals surface area contributed by atoms with Gasteiger partial charge in [-0.15, -0.1) is 11.3 Å². The maximum atomic E-state index is 12.5. The van der Waals surface area contributed by atoms with Crippen molar-refractivity contribution in [3.05, 3.63) is 11.6 Å². The molecule has 2 heterocycles. The Bertz CT molecular complexity index is 380. The zero-order chi connectivity index (χ0) is 13.0. The molecule has 2 rings (SSSR count). The molecule has 0 N–H and O–H groups in total. The van der Waals surface area contributed by atoms with E-state index in [0.717, 1.165) is 30.1 Å². The summed E-state index contributed by atoms with van der Waals surface area (Å²) in [4.78, 5) is 18.8. The molecule has 1 saturated heterocycles. The minimum atomic E-state index is -0.0247. The maximum Gasteiger partial charge on any atom is 0.236 e. The van der Waals surface area contributed by atoms with E-state index < -0.39 is 0 Å². The predicted octanol–water partition coefficient (Wildman–Crippen LogP) is 3.41. The van der Waals surface area contributed by atoms with Gasteiger partial charge in [0.1, 0.15) is 0 Å². The molecule has 2 atom stereocenters. The molecule has 1 amide bonds. The molecule has 0 saturated carbocycles. The number of carbonyl (C=O) groups excluding carboxylic acids is 1. The van der Waals surface area contributed by atoms with E-state index in [1.807, 2.05) is 12.3 Å². The van der Waals surface area contributed by atoms with Crippen molar-refractivity contribution in [3.63, 3.8) is 0 Å². The van der Waals surface area contributed by atoms with Gasteiger partial charge in [-0.2, -0.15) is 0 Å². The number of thiazole rings is 1. The summed E-state index contributed by atoms with van der Waals surface area (Å²) in [6, 6.07) is 0.450. The zero-order valence-electron chi connectivity index (χ0n) is 11.0. The molecule has 0 radical (unpaired) electrons. The highest BCUT2D eigenvalue weighted by Gasteiger charge is 2.29. The van der Waals surface area contributed by atoms with Crippen LogP contribution in [0.5, 0.6) is 0 Å². The lowest BCUT2D eigenvalue weighted by Crippen LogP contribution is -2.46. The van der Waals surface area contributed by atoms with Crippen LogP contribution < -0.4 is 0 Å². The first-order valence-corrected chi connectivity index (χ1v) is 8.35. The summed E-state index contributed by atoms with van der Waals surface area (Å²) >= 11 is 3.18. The number of piperidine rings is 1. The van der Waals surface area contributed by atoms with E-state index in [9.17, 15) is 4.79 Å². The molecule has 0 spiro atoms. The van der Waals surface area contributed by atoms with E-state index in [1.165, 1.54) is 6.42 Å². The predicted molar refractivity (Wildman–Crippen MR) is 77.1 cm³/mol. The van der Waals surface area contributed by atoms with Gasteiger partial charge in [0.25, 0.3) is 0 Å². The molecule has 1 aliphatic heterocycles. The Balaban J connectivity index is 1.96. The number of amides is 1. The third-order valence-electron chi connectivity index (χ3n) is 3.42. The SMILES string of the molecule is CCC1CCCCN1C(=O)C(C)Sc1nccs1. The second-order valence-corrected chi connectivity index (χ2v) is 7.13. The zero-order valence-corrected chi connectivity index (χ0v) is 12.6. The molecule has 1 aromatic rings. The van der Waals surface area contributed by atoms with Crippen LogP contribution in [0.15, 0.2) is 15.9 Å². The lowest BCUT2D eigenvalue weighted by molar-refractivity contribution is -0.134. The van der Waals surface area contributed by atoms with Crippen LogP contribution in [0.25, 0.3) is 0 Å². The largest absolute Gasteiger partial charge is 0.339 e. The summed E-state index contributed by atoms with van der Waals surface area (Å²) in [5.41, 5.74) is 0. The van der Waals surface area contributed by atoms with Crippen molar-refractivity contribution in [1.82, 2.24) is 9.88 Å². The Kier molecular flexibility index (Phi) is 5.06. The first kappa shape index (κ1) is 13.9. The molecule has 1 aliphatic rings. The number of hydrogen-bond acceptors (Lipinski definition) is 4. The average molecular weight is 284 g/mol. The Hall–Kier alpha value is -0.550. The van der Waals surface area contributed by atoms with Crippen LogP contribution in [0.3, 0.4) is 0 Å². The fourth-order valence-electron chi connectivity index (χ4n) is 2.42. The third-order valence-corrected chi connectivity index (χ3v) is 5.42. The Labute approximate surface area is 117 Å². The molecule has 3 nitrogen and oxygen atoms in total. The summed E-state index contributed by atoms with van der Waals surface area (Å²) < 4.78 is 0.987. The van der Waals surface area contributed by atoms with E-state index in [-0.39, 0.29) is 11.2 Å². The molecule has 1 aromatic heterocycles.